The van der Waals surface area contributed by atoms with Gasteiger partial charge in [0.1, 0.15) is 0 Å². The van der Waals surface area contributed by atoms with E-state index < -0.39 is 15.9 Å². The van der Waals surface area contributed by atoms with Crippen LogP contribution < -0.4 is 15.4 Å². The van der Waals surface area contributed by atoms with Crippen molar-refractivity contribution in [2.24, 2.45) is 0 Å². The van der Waals surface area contributed by atoms with Crippen molar-refractivity contribution >= 4 is 33.2 Å². The second kappa shape index (κ2) is 8.79. The van der Waals surface area contributed by atoms with Crippen molar-refractivity contribution < 1.29 is 18.0 Å². The smallest absolute Gasteiger partial charge is 0.255 e. The van der Waals surface area contributed by atoms with Gasteiger partial charge < -0.3 is 10.6 Å². The van der Waals surface area contributed by atoms with Gasteiger partial charge in [-0.25, -0.2) is 13.1 Å². The van der Waals surface area contributed by atoms with Crippen molar-refractivity contribution in [3.8, 4) is 0 Å². The molecule has 3 N–H and O–H groups in total. The molecule has 0 saturated carbocycles. The normalized spacial score (nSPS) is 12.3. The first-order valence-corrected chi connectivity index (χ1v) is 10.0. The number of rotatable bonds is 7. The fourth-order valence-electron chi connectivity index (χ4n) is 2.26. The number of benzene rings is 2. The molecule has 2 amide bonds. The Morgan fingerprint density at radius 3 is 2.15 bits per heavy atom. The van der Waals surface area contributed by atoms with Crippen LogP contribution >= 0.6 is 0 Å². The minimum absolute atomic E-state index is 0.0384. The molecule has 0 aliphatic carbocycles. The van der Waals surface area contributed by atoms with E-state index in [9.17, 15) is 18.0 Å². The summed E-state index contributed by atoms with van der Waals surface area (Å²) in [4.78, 5) is 23.5. The van der Waals surface area contributed by atoms with Crippen LogP contribution in [-0.4, -0.2) is 26.3 Å². The highest BCUT2D eigenvalue weighted by atomic mass is 32.2. The molecule has 0 radical (unpaired) electrons. The van der Waals surface area contributed by atoms with Crippen molar-refractivity contribution in [1.82, 2.24) is 4.72 Å². The minimum atomic E-state index is -3.69. The van der Waals surface area contributed by atoms with Crippen LogP contribution in [0.5, 0.6) is 0 Å². The van der Waals surface area contributed by atoms with Gasteiger partial charge in [0.05, 0.1) is 4.90 Å². The summed E-state index contributed by atoms with van der Waals surface area (Å²) in [7, 11) is -3.69. The zero-order valence-corrected chi connectivity index (χ0v) is 16.3. The summed E-state index contributed by atoms with van der Waals surface area (Å²) in [5.41, 5.74) is 1.37. The van der Waals surface area contributed by atoms with Crippen LogP contribution in [0.2, 0.25) is 0 Å². The van der Waals surface area contributed by atoms with E-state index in [0.717, 1.165) is 0 Å². The van der Waals surface area contributed by atoms with Gasteiger partial charge in [-0.3, -0.25) is 9.59 Å². The predicted octanol–water partition coefficient (Wildman–Crippen LogP) is 2.97. The Bertz CT molecular complexity index is 924. The standard InChI is InChI=1S/C19H23N3O4S/c1-4-13(2)22-27(25,26)18-7-5-6-15(12-18)19(24)21-17-10-8-16(9-11-17)20-14(3)23/h5-13,22H,4H2,1-3H3,(H,20,23)(H,21,24). The van der Waals surface area contributed by atoms with Crippen LogP contribution in [-0.2, 0) is 14.8 Å². The fraction of sp³-hybridized carbons (Fsp3) is 0.263. The maximum atomic E-state index is 12.4. The van der Waals surface area contributed by atoms with Crippen molar-refractivity contribution in [3.05, 3.63) is 54.1 Å². The average molecular weight is 389 g/mol. The molecule has 2 aromatic carbocycles. The molecule has 1 unspecified atom stereocenters. The molecular weight excluding hydrogens is 366 g/mol. The van der Waals surface area contributed by atoms with Crippen LogP contribution in [0, 0.1) is 0 Å². The highest BCUT2D eigenvalue weighted by Gasteiger charge is 2.18. The van der Waals surface area contributed by atoms with E-state index in [1.807, 2.05) is 6.92 Å². The van der Waals surface area contributed by atoms with Crippen LogP contribution in [0.3, 0.4) is 0 Å². The molecule has 0 spiro atoms. The summed E-state index contributed by atoms with van der Waals surface area (Å²) in [6, 6.07) is 12.3. The van der Waals surface area contributed by atoms with Gasteiger partial charge in [0.15, 0.2) is 0 Å². The van der Waals surface area contributed by atoms with Crippen LogP contribution in [0.1, 0.15) is 37.6 Å². The van der Waals surface area contributed by atoms with E-state index in [0.29, 0.717) is 17.8 Å². The Morgan fingerprint density at radius 1 is 1.00 bits per heavy atom. The molecule has 2 rings (SSSR count). The van der Waals surface area contributed by atoms with Crippen LogP contribution in [0.15, 0.2) is 53.4 Å². The lowest BCUT2D eigenvalue weighted by Gasteiger charge is -2.13. The first-order valence-electron chi connectivity index (χ1n) is 8.52. The van der Waals surface area contributed by atoms with Gasteiger partial charge in [-0.05, 0) is 55.8 Å². The molecule has 1 atom stereocenters. The molecule has 0 aliphatic rings. The van der Waals surface area contributed by atoms with Crippen molar-refractivity contribution in [2.45, 2.75) is 38.1 Å². The van der Waals surface area contributed by atoms with Gasteiger partial charge in [-0.15, -0.1) is 0 Å². The molecule has 0 aliphatic heterocycles. The molecule has 7 nitrogen and oxygen atoms in total. The van der Waals surface area contributed by atoms with Crippen LogP contribution in [0.25, 0.3) is 0 Å². The Hall–Kier alpha value is -2.71. The number of carbonyl (C=O) groups excluding carboxylic acids is 2. The zero-order valence-electron chi connectivity index (χ0n) is 15.4. The number of anilines is 2. The Labute approximate surface area is 159 Å². The molecule has 2 aromatic rings. The molecule has 8 heteroatoms. The van der Waals surface area contributed by atoms with E-state index in [2.05, 4.69) is 15.4 Å². The van der Waals surface area contributed by atoms with Gasteiger partial charge in [0, 0.05) is 29.9 Å². The van der Waals surface area contributed by atoms with Gasteiger partial charge in [0.25, 0.3) is 5.91 Å². The molecule has 0 bridgehead atoms. The molecule has 0 fully saturated rings. The van der Waals surface area contributed by atoms with Crippen molar-refractivity contribution in [1.29, 1.82) is 0 Å². The van der Waals surface area contributed by atoms with E-state index in [-0.39, 0.29) is 22.4 Å². The molecular formula is C19H23N3O4S. The quantitative estimate of drug-likeness (QED) is 0.677. The second-order valence-electron chi connectivity index (χ2n) is 6.17. The summed E-state index contributed by atoms with van der Waals surface area (Å²) >= 11 is 0. The Balaban J connectivity index is 2.14. The molecule has 0 heterocycles. The maximum absolute atomic E-state index is 12.4. The summed E-state index contributed by atoms with van der Waals surface area (Å²) in [6.45, 7) is 5.07. The highest BCUT2D eigenvalue weighted by Crippen LogP contribution is 2.17. The lowest BCUT2D eigenvalue weighted by atomic mass is 10.2. The number of carbonyl (C=O) groups is 2. The third kappa shape index (κ3) is 5.90. The third-order valence-corrected chi connectivity index (χ3v) is 5.43. The number of nitrogens with one attached hydrogen (secondary N) is 3. The van der Waals surface area contributed by atoms with Gasteiger partial charge in [0.2, 0.25) is 15.9 Å². The van der Waals surface area contributed by atoms with Gasteiger partial charge in [-0.1, -0.05) is 13.0 Å². The third-order valence-electron chi connectivity index (χ3n) is 3.84. The van der Waals surface area contributed by atoms with Crippen molar-refractivity contribution in [2.75, 3.05) is 10.6 Å². The maximum Gasteiger partial charge on any atom is 0.255 e. The Kier molecular flexibility index (Phi) is 6.70. The molecule has 144 valence electrons. The first-order chi connectivity index (χ1) is 12.7. The summed E-state index contributed by atoms with van der Waals surface area (Å²) < 4.78 is 27.3. The topological polar surface area (TPSA) is 104 Å². The second-order valence-corrected chi connectivity index (χ2v) is 7.89. The van der Waals surface area contributed by atoms with Gasteiger partial charge >= 0.3 is 0 Å². The fourth-order valence-corrected chi connectivity index (χ4v) is 3.64. The largest absolute Gasteiger partial charge is 0.326 e. The first kappa shape index (κ1) is 20.6. The van der Waals surface area contributed by atoms with E-state index in [4.69, 9.17) is 0 Å². The van der Waals surface area contributed by atoms with E-state index in [1.54, 1.807) is 37.3 Å². The highest BCUT2D eigenvalue weighted by molar-refractivity contribution is 7.89. The zero-order chi connectivity index (χ0) is 20.0. The number of hydrogen-bond donors (Lipinski definition) is 3. The van der Waals surface area contributed by atoms with Crippen molar-refractivity contribution in [3.63, 3.8) is 0 Å². The number of sulfonamides is 1. The molecule has 27 heavy (non-hydrogen) atoms. The SMILES string of the molecule is CCC(C)NS(=O)(=O)c1cccc(C(=O)Nc2ccc(NC(C)=O)cc2)c1. The minimum Gasteiger partial charge on any atom is -0.326 e. The summed E-state index contributed by atoms with van der Waals surface area (Å²) in [5.74, 6) is -0.612. The lowest BCUT2D eigenvalue weighted by Crippen LogP contribution is -2.32. The molecule has 0 saturated heterocycles. The van der Waals surface area contributed by atoms with Crippen LogP contribution in [0.4, 0.5) is 11.4 Å². The average Bonchev–Trinajstić information content (AvgIpc) is 2.62. The Morgan fingerprint density at radius 2 is 1.59 bits per heavy atom. The predicted molar refractivity (Wildman–Crippen MR) is 105 cm³/mol. The lowest BCUT2D eigenvalue weighted by molar-refractivity contribution is -0.114. The summed E-state index contributed by atoms with van der Waals surface area (Å²) in [6.07, 6.45) is 0.661. The molecule has 0 aromatic heterocycles. The van der Waals surface area contributed by atoms with E-state index >= 15 is 0 Å². The summed E-state index contributed by atoms with van der Waals surface area (Å²) in [5, 5.41) is 5.34. The van der Waals surface area contributed by atoms with Gasteiger partial charge in [-0.2, -0.15) is 0 Å². The number of hydrogen-bond acceptors (Lipinski definition) is 4. The van der Waals surface area contributed by atoms with E-state index in [1.165, 1.54) is 25.1 Å². The monoisotopic (exact) mass is 389 g/mol. The number of amides is 2.